The first kappa shape index (κ1) is 19.1. The van der Waals surface area contributed by atoms with E-state index in [1.54, 1.807) is 35.2 Å². The van der Waals surface area contributed by atoms with Crippen LogP contribution in [-0.2, 0) is 21.2 Å². The maximum atomic E-state index is 12.9. The Bertz CT molecular complexity index is 969. The van der Waals surface area contributed by atoms with Crippen LogP contribution in [0.4, 0.5) is 5.69 Å². The number of rotatable bonds is 5. The van der Waals surface area contributed by atoms with E-state index in [0.29, 0.717) is 18.6 Å². The topological polar surface area (TPSA) is 75.7 Å². The van der Waals surface area contributed by atoms with Crippen molar-refractivity contribution in [3.63, 3.8) is 0 Å². The Morgan fingerprint density at radius 1 is 1.21 bits per heavy atom. The Labute approximate surface area is 165 Å². The van der Waals surface area contributed by atoms with Crippen molar-refractivity contribution in [2.24, 2.45) is 0 Å². The van der Waals surface area contributed by atoms with Gasteiger partial charge in [-0.1, -0.05) is 18.2 Å². The Kier molecular flexibility index (Phi) is 5.23. The van der Waals surface area contributed by atoms with E-state index in [4.69, 9.17) is 4.74 Å². The number of anilines is 1. The molecule has 7 heteroatoms. The number of nitrogens with zero attached hydrogens (tertiary/aromatic N) is 1. The van der Waals surface area contributed by atoms with Gasteiger partial charge in [0.15, 0.2) is 0 Å². The van der Waals surface area contributed by atoms with Gasteiger partial charge < -0.3 is 9.64 Å². The van der Waals surface area contributed by atoms with Gasteiger partial charge in [0.25, 0.3) is 5.91 Å². The average molecular weight is 401 g/mol. The normalized spacial score (nSPS) is 21.7. The van der Waals surface area contributed by atoms with Gasteiger partial charge in [-0.3, -0.25) is 4.79 Å². The fourth-order valence-electron chi connectivity index (χ4n) is 3.90. The van der Waals surface area contributed by atoms with Gasteiger partial charge >= 0.3 is 0 Å². The van der Waals surface area contributed by atoms with Crippen molar-refractivity contribution in [3.8, 4) is 0 Å². The molecular formula is C21H24N2O4S. The molecule has 1 N–H and O–H groups in total. The lowest BCUT2D eigenvalue weighted by molar-refractivity contribution is 0.0981. The van der Waals surface area contributed by atoms with Crippen LogP contribution in [0, 0.1) is 0 Å². The fraction of sp³-hybridized carbons (Fsp3) is 0.381. The number of amides is 1. The summed E-state index contributed by atoms with van der Waals surface area (Å²) in [5.41, 5.74) is 2.27. The highest BCUT2D eigenvalue weighted by Crippen LogP contribution is 2.35. The molecule has 1 amide bonds. The number of benzene rings is 2. The molecule has 6 nitrogen and oxygen atoms in total. The minimum atomic E-state index is -3.61. The van der Waals surface area contributed by atoms with E-state index in [9.17, 15) is 13.2 Å². The van der Waals surface area contributed by atoms with Crippen LogP contribution in [0.15, 0.2) is 53.4 Å². The second-order valence-corrected chi connectivity index (χ2v) is 9.14. The maximum Gasteiger partial charge on any atom is 0.258 e. The van der Waals surface area contributed by atoms with Crippen molar-refractivity contribution in [1.29, 1.82) is 0 Å². The number of hydrogen-bond acceptors (Lipinski definition) is 4. The predicted octanol–water partition coefficient (Wildman–Crippen LogP) is 2.74. The minimum Gasteiger partial charge on any atom is -0.377 e. The SMILES string of the molecule is C[C@@H]1Cc2cc(S(=O)(=O)NC[C@H]3CCCO3)ccc2N1C(=O)c1ccccc1. The first-order valence-electron chi connectivity index (χ1n) is 9.58. The highest BCUT2D eigenvalue weighted by Gasteiger charge is 2.32. The standard InChI is InChI=1S/C21H24N2O4S/c1-15-12-17-13-19(28(25,26)22-14-18-8-5-11-27-18)9-10-20(17)23(15)21(24)16-6-3-2-4-7-16/h2-4,6-7,9-10,13,15,18,22H,5,8,11-12,14H2,1H3/t15-,18-/m1/s1. The molecule has 28 heavy (non-hydrogen) atoms. The van der Waals surface area contributed by atoms with Crippen LogP contribution in [0.5, 0.6) is 0 Å². The molecule has 0 radical (unpaired) electrons. The molecule has 4 rings (SSSR count). The minimum absolute atomic E-state index is 0.0273. The lowest BCUT2D eigenvalue weighted by atomic mass is 10.1. The van der Waals surface area contributed by atoms with Crippen LogP contribution < -0.4 is 9.62 Å². The average Bonchev–Trinajstić information content (AvgIpc) is 3.33. The maximum absolute atomic E-state index is 12.9. The van der Waals surface area contributed by atoms with Crippen LogP contribution in [0.1, 0.15) is 35.7 Å². The molecule has 0 spiro atoms. The van der Waals surface area contributed by atoms with E-state index < -0.39 is 10.0 Å². The van der Waals surface area contributed by atoms with E-state index in [1.165, 1.54) is 0 Å². The molecule has 0 bridgehead atoms. The summed E-state index contributed by atoms with van der Waals surface area (Å²) in [4.78, 5) is 14.9. The van der Waals surface area contributed by atoms with Gasteiger partial charge in [0, 0.05) is 30.4 Å². The summed E-state index contributed by atoms with van der Waals surface area (Å²) in [7, 11) is -3.61. The van der Waals surface area contributed by atoms with E-state index in [-0.39, 0.29) is 29.5 Å². The quantitative estimate of drug-likeness (QED) is 0.837. The number of ether oxygens (including phenoxy) is 1. The zero-order valence-corrected chi connectivity index (χ0v) is 16.6. The fourth-order valence-corrected chi connectivity index (χ4v) is 5.01. The highest BCUT2D eigenvalue weighted by molar-refractivity contribution is 7.89. The van der Waals surface area contributed by atoms with Crippen molar-refractivity contribution in [3.05, 3.63) is 59.7 Å². The third kappa shape index (κ3) is 3.70. The van der Waals surface area contributed by atoms with Crippen molar-refractivity contribution in [1.82, 2.24) is 4.72 Å². The largest absolute Gasteiger partial charge is 0.377 e. The number of sulfonamides is 1. The molecule has 2 aliphatic rings. The van der Waals surface area contributed by atoms with Crippen LogP contribution in [0.25, 0.3) is 0 Å². The Morgan fingerprint density at radius 2 is 2.00 bits per heavy atom. The monoisotopic (exact) mass is 400 g/mol. The van der Waals surface area contributed by atoms with Crippen molar-refractivity contribution >= 4 is 21.6 Å². The van der Waals surface area contributed by atoms with Crippen molar-refractivity contribution in [2.75, 3.05) is 18.1 Å². The molecule has 148 valence electrons. The Hall–Kier alpha value is -2.22. The first-order valence-corrected chi connectivity index (χ1v) is 11.1. The zero-order chi connectivity index (χ0) is 19.7. The van der Waals surface area contributed by atoms with Crippen LogP contribution in [0.2, 0.25) is 0 Å². The van der Waals surface area contributed by atoms with E-state index in [0.717, 1.165) is 24.1 Å². The highest BCUT2D eigenvalue weighted by atomic mass is 32.2. The summed E-state index contributed by atoms with van der Waals surface area (Å²) >= 11 is 0. The van der Waals surface area contributed by atoms with Crippen LogP contribution in [0.3, 0.4) is 0 Å². The van der Waals surface area contributed by atoms with Gasteiger partial charge in [-0.25, -0.2) is 13.1 Å². The molecule has 0 unspecified atom stereocenters. The summed E-state index contributed by atoms with van der Waals surface area (Å²) in [6.07, 6.45) is 2.42. The summed E-state index contributed by atoms with van der Waals surface area (Å²) < 4.78 is 33.4. The number of fused-ring (bicyclic) bond motifs is 1. The number of nitrogens with one attached hydrogen (secondary N) is 1. The molecule has 2 aliphatic heterocycles. The van der Waals surface area contributed by atoms with Gasteiger partial charge in [0.1, 0.15) is 0 Å². The molecule has 1 saturated heterocycles. The molecule has 2 atom stereocenters. The third-order valence-electron chi connectivity index (χ3n) is 5.34. The van der Waals surface area contributed by atoms with Crippen LogP contribution >= 0.6 is 0 Å². The summed E-state index contributed by atoms with van der Waals surface area (Å²) in [6, 6.07) is 14.1. The number of hydrogen-bond donors (Lipinski definition) is 1. The van der Waals surface area contributed by atoms with E-state index in [2.05, 4.69) is 4.72 Å². The molecule has 2 aromatic carbocycles. The second kappa shape index (κ2) is 7.66. The molecule has 0 aliphatic carbocycles. The number of carbonyl (C=O) groups is 1. The lowest BCUT2D eigenvalue weighted by Crippen LogP contribution is -2.35. The van der Waals surface area contributed by atoms with Crippen LogP contribution in [-0.4, -0.2) is 39.6 Å². The third-order valence-corrected chi connectivity index (χ3v) is 6.76. The smallest absolute Gasteiger partial charge is 0.258 e. The molecule has 0 saturated carbocycles. The molecule has 2 heterocycles. The molecule has 0 aromatic heterocycles. The van der Waals surface area contributed by atoms with Crippen molar-refractivity contribution < 1.29 is 17.9 Å². The van der Waals surface area contributed by atoms with Gasteiger partial charge in [-0.05, 0) is 62.1 Å². The first-order chi connectivity index (χ1) is 13.5. The summed E-state index contributed by atoms with van der Waals surface area (Å²) in [5.74, 6) is -0.0704. The zero-order valence-electron chi connectivity index (χ0n) is 15.8. The molecular weight excluding hydrogens is 376 g/mol. The van der Waals surface area contributed by atoms with Gasteiger partial charge in [-0.15, -0.1) is 0 Å². The molecule has 1 fully saturated rings. The second-order valence-electron chi connectivity index (χ2n) is 7.37. The Morgan fingerprint density at radius 3 is 2.71 bits per heavy atom. The lowest BCUT2D eigenvalue weighted by Gasteiger charge is -2.23. The van der Waals surface area contributed by atoms with Gasteiger partial charge in [0.2, 0.25) is 10.0 Å². The summed E-state index contributed by atoms with van der Waals surface area (Å²) in [5, 5.41) is 0. The van der Waals surface area contributed by atoms with Gasteiger partial charge in [0.05, 0.1) is 11.0 Å². The Balaban J connectivity index is 1.55. The van der Waals surface area contributed by atoms with Crippen molar-refractivity contribution in [2.45, 2.75) is 43.2 Å². The number of carbonyl (C=O) groups excluding carboxylic acids is 1. The van der Waals surface area contributed by atoms with E-state index >= 15 is 0 Å². The predicted molar refractivity (Wildman–Crippen MR) is 107 cm³/mol. The summed E-state index contributed by atoms with van der Waals surface area (Å²) in [6.45, 7) is 2.95. The van der Waals surface area contributed by atoms with E-state index in [1.807, 2.05) is 25.1 Å². The molecule has 2 aromatic rings. The van der Waals surface area contributed by atoms with Gasteiger partial charge in [-0.2, -0.15) is 0 Å².